The number of benzene rings is 1. The molecule has 18 heavy (non-hydrogen) atoms. The van der Waals surface area contributed by atoms with Gasteiger partial charge in [0.15, 0.2) is 0 Å². The van der Waals surface area contributed by atoms with Crippen LogP contribution in [0.1, 0.15) is 5.56 Å². The van der Waals surface area contributed by atoms with E-state index >= 15 is 0 Å². The molecule has 0 aliphatic heterocycles. The number of nitrogen functional groups attached to an aromatic ring is 1. The predicted octanol–water partition coefficient (Wildman–Crippen LogP) is 2.25. The van der Waals surface area contributed by atoms with Crippen molar-refractivity contribution in [3.05, 3.63) is 56.9 Å². The number of aromatic nitrogens is 1. The van der Waals surface area contributed by atoms with E-state index in [0.717, 1.165) is 10.0 Å². The minimum Gasteiger partial charge on any atom is -0.495 e. The zero-order chi connectivity index (χ0) is 13.1. The molecule has 5 heteroatoms. The molecule has 0 saturated heterocycles. The topological polar surface area (TPSA) is 57.2 Å². The summed E-state index contributed by atoms with van der Waals surface area (Å²) >= 11 is 3.34. The fraction of sp³-hybridized carbons (Fsp3) is 0.154. The van der Waals surface area contributed by atoms with Crippen LogP contribution >= 0.6 is 15.9 Å². The van der Waals surface area contributed by atoms with Crippen molar-refractivity contribution in [2.45, 2.75) is 6.54 Å². The molecule has 94 valence electrons. The maximum atomic E-state index is 11.7. The fourth-order valence-electron chi connectivity index (χ4n) is 1.70. The molecule has 2 aromatic rings. The Morgan fingerprint density at radius 3 is 2.78 bits per heavy atom. The highest BCUT2D eigenvalue weighted by molar-refractivity contribution is 9.10. The average Bonchev–Trinajstić information content (AvgIpc) is 2.34. The third-order valence-corrected chi connectivity index (χ3v) is 3.06. The van der Waals surface area contributed by atoms with Crippen molar-refractivity contribution in [2.24, 2.45) is 0 Å². The first-order valence-electron chi connectivity index (χ1n) is 5.38. The van der Waals surface area contributed by atoms with E-state index in [1.807, 2.05) is 12.1 Å². The lowest BCUT2D eigenvalue weighted by atomic mass is 10.2. The van der Waals surface area contributed by atoms with E-state index in [4.69, 9.17) is 10.5 Å². The molecular weight excluding hydrogens is 296 g/mol. The van der Waals surface area contributed by atoms with E-state index in [9.17, 15) is 4.79 Å². The first-order chi connectivity index (χ1) is 8.60. The lowest BCUT2D eigenvalue weighted by molar-refractivity contribution is 0.417. The predicted molar refractivity (Wildman–Crippen MR) is 74.9 cm³/mol. The normalized spacial score (nSPS) is 10.3. The van der Waals surface area contributed by atoms with Gasteiger partial charge in [-0.3, -0.25) is 4.79 Å². The van der Waals surface area contributed by atoms with Gasteiger partial charge in [-0.05, 0) is 39.7 Å². The fourth-order valence-corrected chi connectivity index (χ4v) is 2.08. The van der Waals surface area contributed by atoms with Gasteiger partial charge in [0.05, 0.1) is 19.3 Å². The third-order valence-electron chi connectivity index (χ3n) is 2.59. The number of ether oxygens (including phenoxy) is 1. The number of methoxy groups -OCH3 is 1. The molecule has 0 spiro atoms. The van der Waals surface area contributed by atoms with Crippen LogP contribution in [0.15, 0.2) is 45.8 Å². The second kappa shape index (κ2) is 5.27. The highest BCUT2D eigenvalue weighted by Gasteiger charge is 2.03. The summed E-state index contributed by atoms with van der Waals surface area (Å²) in [5, 5.41) is 0. The van der Waals surface area contributed by atoms with Crippen molar-refractivity contribution in [1.29, 1.82) is 0 Å². The third kappa shape index (κ3) is 2.73. The van der Waals surface area contributed by atoms with E-state index < -0.39 is 0 Å². The van der Waals surface area contributed by atoms with E-state index in [1.54, 1.807) is 30.0 Å². The van der Waals surface area contributed by atoms with Crippen molar-refractivity contribution in [3.63, 3.8) is 0 Å². The van der Waals surface area contributed by atoms with E-state index in [0.29, 0.717) is 18.0 Å². The van der Waals surface area contributed by atoms with Crippen molar-refractivity contribution in [3.8, 4) is 5.75 Å². The SMILES string of the molecule is COc1ccc(Cn2cc(Br)ccc2=O)cc1N. The monoisotopic (exact) mass is 308 g/mol. The summed E-state index contributed by atoms with van der Waals surface area (Å²) in [5.41, 5.74) is 7.30. The molecule has 0 unspecified atom stereocenters. The summed E-state index contributed by atoms with van der Waals surface area (Å²) in [4.78, 5) is 11.7. The molecule has 0 fully saturated rings. The van der Waals surface area contributed by atoms with Gasteiger partial charge < -0.3 is 15.0 Å². The van der Waals surface area contributed by atoms with Gasteiger partial charge in [-0.1, -0.05) is 6.07 Å². The Kier molecular flexibility index (Phi) is 3.72. The molecule has 0 bridgehead atoms. The van der Waals surface area contributed by atoms with Gasteiger partial charge >= 0.3 is 0 Å². The summed E-state index contributed by atoms with van der Waals surface area (Å²) in [6, 6.07) is 8.75. The number of nitrogens with two attached hydrogens (primary N) is 1. The number of nitrogens with zero attached hydrogens (tertiary/aromatic N) is 1. The Bertz CT molecular complexity index is 623. The Balaban J connectivity index is 2.31. The molecule has 0 radical (unpaired) electrons. The van der Waals surface area contributed by atoms with E-state index in [-0.39, 0.29) is 5.56 Å². The molecule has 0 amide bonds. The zero-order valence-corrected chi connectivity index (χ0v) is 11.5. The summed E-state index contributed by atoms with van der Waals surface area (Å²) < 4.78 is 7.57. The molecular formula is C13H13BrN2O2. The molecule has 0 atom stereocenters. The molecule has 4 nitrogen and oxygen atoms in total. The van der Waals surface area contributed by atoms with Crippen LogP contribution < -0.4 is 16.0 Å². The summed E-state index contributed by atoms with van der Waals surface area (Å²) in [6.07, 6.45) is 1.75. The number of halogens is 1. The number of rotatable bonds is 3. The Morgan fingerprint density at radius 1 is 1.33 bits per heavy atom. The summed E-state index contributed by atoms with van der Waals surface area (Å²) in [7, 11) is 1.57. The van der Waals surface area contributed by atoms with Crippen molar-refractivity contribution in [2.75, 3.05) is 12.8 Å². The molecule has 0 saturated carbocycles. The van der Waals surface area contributed by atoms with Gasteiger partial charge in [0, 0.05) is 16.7 Å². The number of hydrogen-bond donors (Lipinski definition) is 1. The highest BCUT2D eigenvalue weighted by atomic mass is 79.9. The smallest absolute Gasteiger partial charge is 0.250 e. The molecule has 2 rings (SSSR count). The minimum atomic E-state index is -0.0485. The van der Waals surface area contributed by atoms with Crippen LogP contribution in [0.25, 0.3) is 0 Å². The quantitative estimate of drug-likeness (QED) is 0.885. The summed E-state index contributed by atoms with van der Waals surface area (Å²) in [6.45, 7) is 0.479. The standard InChI is InChI=1S/C13H13BrN2O2/c1-18-12-4-2-9(6-11(12)15)7-16-8-10(14)3-5-13(16)17/h2-6,8H,7,15H2,1H3. The Morgan fingerprint density at radius 2 is 2.11 bits per heavy atom. The molecule has 1 aromatic heterocycles. The zero-order valence-electron chi connectivity index (χ0n) is 9.89. The Labute approximate surface area is 113 Å². The largest absolute Gasteiger partial charge is 0.495 e. The maximum absolute atomic E-state index is 11.7. The van der Waals surface area contributed by atoms with Crippen molar-refractivity contribution < 1.29 is 4.74 Å². The van der Waals surface area contributed by atoms with Crippen LogP contribution in [-0.4, -0.2) is 11.7 Å². The van der Waals surface area contributed by atoms with Gasteiger partial charge in [-0.25, -0.2) is 0 Å². The number of hydrogen-bond acceptors (Lipinski definition) is 3. The van der Waals surface area contributed by atoms with Crippen molar-refractivity contribution >= 4 is 21.6 Å². The van der Waals surface area contributed by atoms with Crippen molar-refractivity contribution in [1.82, 2.24) is 4.57 Å². The lowest BCUT2D eigenvalue weighted by Crippen LogP contribution is -2.18. The molecule has 1 aromatic carbocycles. The van der Waals surface area contributed by atoms with E-state index in [1.165, 1.54) is 6.07 Å². The molecule has 0 aliphatic rings. The number of anilines is 1. The van der Waals surface area contributed by atoms with Crippen LogP contribution in [0.2, 0.25) is 0 Å². The second-order valence-corrected chi connectivity index (χ2v) is 4.81. The molecule has 0 aliphatic carbocycles. The van der Waals surface area contributed by atoms with Gasteiger partial charge in [0.1, 0.15) is 5.75 Å². The van der Waals surface area contributed by atoms with Crippen LogP contribution in [0.4, 0.5) is 5.69 Å². The highest BCUT2D eigenvalue weighted by Crippen LogP contribution is 2.22. The first-order valence-corrected chi connectivity index (χ1v) is 6.18. The lowest BCUT2D eigenvalue weighted by Gasteiger charge is -2.09. The van der Waals surface area contributed by atoms with Gasteiger partial charge in [0.25, 0.3) is 5.56 Å². The van der Waals surface area contributed by atoms with Gasteiger partial charge in [-0.2, -0.15) is 0 Å². The van der Waals surface area contributed by atoms with Crippen LogP contribution in [0.3, 0.4) is 0 Å². The maximum Gasteiger partial charge on any atom is 0.250 e. The average molecular weight is 309 g/mol. The molecule has 2 N–H and O–H groups in total. The molecule has 1 heterocycles. The minimum absolute atomic E-state index is 0.0485. The van der Waals surface area contributed by atoms with Gasteiger partial charge in [0.2, 0.25) is 0 Å². The van der Waals surface area contributed by atoms with Gasteiger partial charge in [-0.15, -0.1) is 0 Å². The first kappa shape index (κ1) is 12.7. The number of pyridine rings is 1. The van der Waals surface area contributed by atoms with E-state index in [2.05, 4.69) is 15.9 Å². The Hall–Kier alpha value is -1.75. The van der Waals surface area contributed by atoms with Crippen LogP contribution in [0, 0.1) is 0 Å². The second-order valence-electron chi connectivity index (χ2n) is 3.89. The van der Waals surface area contributed by atoms with Crippen LogP contribution in [0.5, 0.6) is 5.75 Å². The van der Waals surface area contributed by atoms with Crippen LogP contribution in [-0.2, 0) is 6.54 Å². The summed E-state index contributed by atoms with van der Waals surface area (Å²) in [5.74, 6) is 0.639.